The number of amides is 5. The van der Waals surface area contributed by atoms with E-state index in [1.165, 1.54) is 16.8 Å². The van der Waals surface area contributed by atoms with Gasteiger partial charge in [0.15, 0.2) is 0 Å². The molecule has 4 atom stereocenters. The molecule has 0 spiro atoms. The number of esters is 7. The summed E-state index contributed by atoms with van der Waals surface area (Å²) in [6.07, 6.45) is -1.56. The van der Waals surface area contributed by atoms with E-state index in [4.69, 9.17) is 47.4 Å². The summed E-state index contributed by atoms with van der Waals surface area (Å²) in [4.78, 5) is 167. The van der Waals surface area contributed by atoms with Crippen molar-refractivity contribution in [2.75, 3.05) is 92.4 Å². The van der Waals surface area contributed by atoms with Crippen LogP contribution >= 0.6 is 0 Å². The molecule has 0 radical (unpaired) electrons. The van der Waals surface area contributed by atoms with Crippen LogP contribution in [0, 0.1) is 0 Å². The van der Waals surface area contributed by atoms with Crippen molar-refractivity contribution in [1.29, 1.82) is 0 Å². The van der Waals surface area contributed by atoms with Crippen LogP contribution in [-0.4, -0.2) is 247 Å². The minimum Gasteiger partial charge on any atom is -0.488 e. The summed E-state index contributed by atoms with van der Waals surface area (Å²) < 4.78 is 56.6. The van der Waals surface area contributed by atoms with Gasteiger partial charge in [-0.15, -0.1) is 0 Å². The second-order valence-corrected chi connectivity index (χ2v) is 33.2. The lowest BCUT2D eigenvalue weighted by Crippen LogP contribution is -2.57. The second-order valence-electron chi connectivity index (χ2n) is 33.2. The molecule has 0 aliphatic heterocycles. The van der Waals surface area contributed by atoms with Crippen LogP contribution in [0.25, 0.3) is 0 Å². The number of hydrogen-bond acceptors (Lipinski definition) is 25. The van der Waals surface area contributed by atoms with E-state index >= 15 is 0 Å². The molecule has 594 valence electrons. The predicted molar refractivity (Wildman–Crippen MR) is 387 cm³/mol. The maximum absolute atomic E-state index is 14.5. The maximum Gasteiger partial charge on any atom is 0.323 e. The highest BCUT2D eigenvalue weighted by atomic mass is 16.6. The summed E-state index contributed by atoms with van der Waals surface area (Å²) in [5, 5.41) is 13.0. The molecule has 5 N–H and O–H groups in total. The monoisotopic (exact) mass is 1480 g/mol. The van der Waals surface area contributed by atoms with Gasteiger partial charge in [-0.25, -0.2) is 0 Å². The van der Waals surface area contributed by atoms with Crippen LogP contribution < -0.4 is 31.3 Å². The maximum atomic E-state index is 14.5. The summed E-state index contributed by atoms with van der Waals surface area (Å²) in [6, 6.07) is 1.31. The number of carbonyl (C=O) groups excluding carboxylic acids is 12. The van der Waals surface area contributed by atoms with Crippen LogP contribution in [0.1, 0.15) is 204 Å². The first-order valence-corrected chi connectivity index (χ1v) is 35.4. The molecule has 1 aromatic rings. The standard InChI is InChI=1S/C74H126N8O22/c1-67(2,3)97-50-28-26-49(27-29-50)42-52(64(92)78-51(63(91)75-25)30-33-57(85)98-68(4,5)6)79-65(93)53(43-58(86)99-69(7,8)9)77-56(84)48-96-41-40-95-39-34-76-55(83)32-31-54(66(94)104-74(22,23)24)82(37-35-80(44-59(87)100-70(10,11)12)45-60(88)101-71(13,14)15)38-36-81(46-61(89)102-72(16,17)18)47-62(90)103-73(19,20)21/h26-29,51-54H,30-48H2,1-25H3,(H,75,91)(H,76,83)(H,77,84)(H,78,92)(H,79,93)/t51-,52+,53+,54+/m1/s1. The Morgan fingerprint density at radius 2 is 0.798 bits per heavy atom. The van der Waals surface area contributed by atoms with Gasteiger partial charge in [-0.1, -0.05) is 12.1 Å². The van der Waals surface area contributed by atoms with Gasteiger partial charge in [-0.2, -0.15) is 0 Å². The highest BCUT2D eigenvalue weighted by Gasteiger charge is 2.36. The molecule has 1 aromatic carbocycles. The van der Waals surface area contributed by atoms with Crippen molar-refractivity contribution >= 4 is 71.3 Å². The lowest BCUT2D eigenvalue weighted by molar-refractivity contribution is -0.165. The van der Waals surface area contributed by atoms with E-state index in [1.807, 2.05) is 20.8 Å². The van der Waals surface area contributed by atoms with Crippen molar-refractivity contribution < 1.29 is 105 Å². The highest BCUT2D eigenvalue weighted by Crippen LogP contribution is 2.22. The molecule has 104 heavy (non-hydrogen) atoms. The van der Waals surface area contributed by atoms with Crippen molar-refractivity contribution in [3.63, 3.8) is 0 Å². The van der Waals surface area contributed by atoms with Crippen molar-refractivity contribution in [2.45, 2.75) is 274 Å². The Kier molecular flexibility index (Phi) is 38.7. The van der Waals surface area contributed by atoms with E-state index in [0.717, 1.165) is 0 Å². The minimum absolute atomic E-state index is 0.00927. The van der Waals surface area contributed by atoms with E-state index in [0.29, 0.717) is 11.3 Å². The highest BCUT2D eigenvalue weighted by molar-refractivity contribution is 5.96. The third kappa shape index (κ3) is 47.7. The summed E-state index contributed by atoms with van der Waals surface area (Å²) in [6.45, 7) is 38.6. The number of ether oxygens (including phenoxy) is 10. The largest absolute Gasteiger partial charge is 0.488 e. The van der Waals surface area contributed by atoms with E-state index in [2.05, 4.69) is 26.6 Å². The van der Waals surface area contributed by atoms with E-state index in [1.54, 1.807) is 175 Å². The van der Waals surface area contributed by atoms with Crippen LogP contribution in [0.4, 0.5) is 0 Å². The SMILES string of the molecule is CNC(=O)[C@@H](CCC(=O)OC(C)(C)C)NC(=O)[C@H](Cc1ccc(OC(C)(C)C)cc1)NC(=O)[C@H](CC(=O)OC(C)(C)C)NC(=O)COCCOCCNC(=O)CC[C@@H](C(=O)OC(C)(C)C)N(CCN(CC(=O)OC(C)(C)C)CC(=O)OC(C)(C)C)CCN(CC(=O)OC(C)(C)C)CC(=O)OC(C)(C)C. The fourth-order valence-corrected chi connectivity index (χ4v) is 9.57. The molecule has 0 fully saturated rings. The Morgan fingerprint density at radius 3 is 1.22 bits per heavy atom. The fourth-order valence-electron chi connectivity index (χ4n) is 9.57. The quantitative estimate of drug-likeness (QED) is 0.0312. The molecule has 0 aliphatic carbocycles. The molecule has 1 rings (SSSR count). The fraction of sp³-hybridized carbons (Fsp3) is 0.757. The van der Waals surface area contributed by atoms with Gasteiger partial charge in [0.1, 0.15) is 81.3 Å². The molecular formula is C74H126N8O22. The van der Waals surface area contributed by atoms with E-state index < -0.39 is 153 Å². The van der Waals surface area contributed by atoms with Crippen molar-refractivity contribution in [2.24, 2.45) is 0 Å². The summed E-state index contributed by atoms with van der Waals surface area (Å²) in [5.74, 6) is -7.91. The summed E-state index contributed by atoms with van der Waals surface area (Å²) >= 11 is 0. The zero-order valence-corrected chi connectivity index (χ0v) is 66.9. The Labute approximate surface area is 616 Å². The van der Waals surface area contributed by atoms with Gasteiger partial charge in [0.2, 0.25) is 29.5 Å². The molecule has 0 bridgehead atoms. The average Bonchev–Trinajstić information content (AvgIpc) is 0.854. The molecule has 0 aliphatic rings. The van der Waals surface area contributed by atoms with Gasteiger partial charge in [0.05, 0.1) is 52.4 Å². The Hall–Kier alpha value is -7.54. The number of benzene rings is 1. The van der Waals surface area contributed by atoms with Crippen molar-refractivity contribution in [3.8, 4) is 5.75 Å². The zero-order chi connectivity index (χ0) is 80.0. The third-order valence-electron chi connectivity index (χ3n) is 13.2. The average molecular weight is 1480 g/mol. The van der Waals surface area contributed by atoms with Crippen LogP contribution in [0.5, 0.6) is 5.75 Å². The molecule has 0 saturated heterocycles. The number of rotatable bonds is 41. The zero-order valence-electron chi connectivity index (χ0n) is 66.9. The van der Waals surface area contributed by atoms with Crippen LogP contribution in [0.2, 0.25) is 0 Å². The normalized spacial score (nSPS) is 13.7. The van der Waals surface area contributed by atoms with Crippen LogP contribution in [0.3, 0.4) is 0 Å². The van der Waals surface area contributed by atoms with Gasteiger partial charge in [-0.05, 0) is 197 Å². The summed E-state index contributed by atoms with van der Waals surface area (Å²) in [5.41, 5.74) is -6.25. The number of likely N-dealkylation sites (N-methyl/N-ethyl adjacent to an activating group) is 1. The number of carbonyl (C=O) groups is 12. The number of nitrogens with one attached hydrogen (secondary N) is 5. The number of hydrogen-bond donors (Lipinski definition) is 5. The molecular weight excluding hydrogens is 1350 g/mol. The van der Waals surface area contributed by atoms with E-state index in [9.17, 15) is 57.5 Å². The Morgan fingerprint density at radius 1 is 0.394 bits per heavy atom. The first kappa shape index (κ1) is 94.5. The topological polar surface area (TPSA) is 367 Å². The van der Waals surface area contributed by atoms with Gasteiger partial charge in [0, 0.05) is 59.0 Å². The molecule has 30 heteroatoms. The lowest BCUT2D eigenvalue weighted by Gasteiger charge is -2.35. The second kappa shape index (κ2) is 42.6. The van der Waals surface area contributed by atoms with Crippen molar-refractivity contribution in [3.05, 3.63) is 29.8 Å². The predicted octanol–water partition coefficient (Wildman–Crippen LogP) is 5.37. The summed E-state index contributed by atoms with van der Waals surface area (Å²) in [7, 11) is 1.36. The van der Waals surface area contributed by atoms with Crippen molar-refractivity contribution in [1.82, 2.24) is 41.3 Å². The first-order valence-electron chi connectivity index (χ1n) is 35.4. The molecule has 0 saturated carbocycles. The molecule has 30 nitrogen and oxygen atoms in total. The molecule has 0 aromatic heterocycles. The van der Waals surface area contributed by atoms with Gasteiger partial charge in [0.25, 0.3) is 0 Å². The third-order valence-corrected chi connectivity index (χ3v) is 13.2. The van der Waals surface area contributed by atoms with Crippen LogP contribution in [-0.2, 0) is 107 Å². The Bertz CT molecular complexity index is 2830. The van der Waals surface area contributed by atoms with Gasteiger partial charge < -0.3 is 74.0 Å². The van der Waals surface area contributed by atoms with Gasteiger partial charge in [-0.3, -0.25) is 72.2 Å². The van der Waals surface area contributed by atoms with Crippen LogP contribution in [0.15, 0.2) is 24.3 Å². The van der Waals surface area contributed by atoms with Gasteiger partial charge >= 0.3 is 41.8 Å². The molecule has 0 heterocycles. The van der Waals surface area contributed by atoms with E-state index in [-0.39, 0.29) is 111 Å². The molecule has 5 amide bonds. The smallest absolute Gasteiger partial charge is 0.323 e. The molecule has 0 unspecified atom stereocenters. The lowest BCUT2D eigenvalue weighted by atomic mass is 10.0. The first-order chi connectivity index (χ1) is 47.4. The number of nitrogens with zero attached hydrogens (tertiary/aromatic N) is 3. The Balaban J connectivity index is 3.46. The minimum atomic E-state index is -1.61.